The molecule has 0 N–H and O–H groups in total. The standard InChI is InChI=1S/C26H26N2O.C22H26N2O.C21H24N2O.2C20H22N2O.C19H20N2O/c1-16-12-13-21-20-10-6-7-11-24(20)29-26(21)25(16)28-17(2)27(3)22-14-15-23(28)19-9-5-4-8-18(19)22;1-13-8-9-16-17-7-6-10-23-20(17)25-19(16)18(13)24-15(3)22(5)12-21(24,4)11-14(22)2;1-13-7-8-15-16-6-5-11-22-19(16)24-18(15)17(13)23-14(2)20(3)9-10-21(23,4)12-20;1-12-6-7-15-16-5-4-10-21-19(16)23-18(15)17(12)22-13(2)20(3)9-8-14(22)11-20;1-12-6-7-15-16-5-4-10-21-19(16)23-18(15)17(12)22-13(2)14-8-9-20(22,3)11-14;1-11-5-8-15-16-4-3-9-20-19(16)22-18(15)17(11)21-12(2)13-6-7-14(21)10-13/h4-13,17,22-23H,14-15H2,1-3H3;6-10,14-15H,11-12H2,1-5H3;5-8,11,14H,9-10,12H2,1-4H3;2*4-7,10,13-14H,8-9,11H2,1-3H3;3-5,8-9,12-14H,6-7,10H2,1-2H3. The van der Waals surface area contributed by atoms with E-state index in [1.54, 1.807) is 24.8 Å². The van der Waals surface area contributed by atoms with E-state index >= 15 is 0 Å². The Kier molecular flexibility index (Phi) is 21.5. The molecule has 13 aliphatic rings. The number of rotatable bonds is 6. The second kappa shape index (κ2) is 33.8. The molecule has 11 aromatic heterocycles. The second-order valence-corrected chi connectivity index (χ2v) is 48.3. The Bertz CT molecular complexity index is 8470. The van der Waals surface area contributed by atoms with Crippen molar-refractivity contribution in [2.45, 2.75) is 311 Å². The van der Waals surface area contributed by atoms with E-state index in [1.807, 2.05) is 36.5 Å². The second-order valence-electron chi connectivity index (χ2n) is 48.3. The zero-order chi connectivity index (χ0) is 100. The van der Waals surface area contributed by atoms with E-state index in [9.17, 15) is 0 Å². The Labute approximate surface area is 856 Å². The third-order valence-corrected chi connectivity index (χ3v) is 39.9. The molecule has 11 fully saturated rings. The number of pyridine rings is 5. The number of benzene rings is 8. The van der Waals surface area contributed by atoms with Gasteiger partial charge in [-0.15, -0.1) is 0 Å². The molecule has 0 spiro atoms. The van der Waals surface area contributed by atoms with Gasteiger partial charge in [-0.25, -0.2) is 24.9 Å². The van der Waals surface area contributed by atoms with Crippen molar-refractivity contribution in [2.24, 2.45) is 34.0 Å². The Balaban J connectivity index is 0.0000000892. The molecule has 6 aliphatic carbocycles. The zero-order valence-electron chi connectivity index (χ0n) is 88.8. The van der Waals surface area contributed by atoms with Crippen LogP contribution in [0.5, 0.6) is 0 Å². The summed E-state index contributed by atoms with van der Waals surface area (Å²) in [4.78, 5) is 40.5. The van der Waals surface area contributed by atoms with Crippen LogP contribution in [0, 0.1) is 75.5 Å². The van der Waals surface area contributed by atoms with Crippen molar-refractivity contribution >= 4 is 166 Å². The van der Waals surface area contributed by atoms with Crippen LogP contribution in [0.1, 0.15) is 249 Å². The van der Waals surface area contributed by atoms with Crippen molar-refractivity contribution in [1.29, 1.82) is 0 Å². The number of aromatic nitrogens is 5. The number of fused-ring (bicyclic) bond motifs is 31. The summed E-state index contributed by atoms with van der Waals surface area (Å²) in [6.45, 7) is 44.7. The molecule has 12 bridgehead atoms. The largest absolute Gasteiger partial charge is 0.454 e. The molecule has 19 atom stereocenters. The number of para-hydroxylation sites is 1. The molecule has 18 nitrogen and oxygen atoms in total. The van der Waals surface area contributed by atoms with Gasteiger partial charge in [0, 0.05) is 161 Å². The minimum atomic E-state index is 0.207. The fourth-order valence-electron chi connectivity index (χ4n) is 32.0. The quantitative estimate of drug-likeness (QED) is 0.154. The van der Waals surface area contributed by atoms with Gasteiger partial charge in [-0.1, -0.05) is 143 Å². The maximum atomic E-state index is 6.48. The van der Waals surface area contributed by atoms with Crippen LogP contribution in [0.3, 0.4) is 0 Å². The van der Waals surface area contributed by atoms with E-state index in [1.165, 1.54) is 219 Å². The fraction of sp³-hybridized carbons (Fsp3) is 0.430. The van der Waals surface area contributed by atoms with Crippen LogP contribution in [0.2, 0.25) is 0 Å². The summed E-state index contributed by atoms with van der Waals surface area (Å²) in [6.07, 6.45) is 30.1. The Hall–Kier alpha value is -12.9. The Morgan fingerprint density at radius 1 is 0.295 bits per heavy atom. The lowest BCUT2D eigenvalue weighted by Gasteiger charge is -2.47. The minimum Gasteiger partial charge on any atom is -0.454 e. The maximum absolute atomic E-state index is 6.48. The smallest absolute Gasteiger partial charge is 0.227 e. The normalized spacial score (nSPS) is 29.6. The first-order valence-electron chi connectivity index (χ1n) is 54.6. The van der Waals surface area contributed by atoms with Crippen LogP contribution >= 0.6 is 0 Å². The van der Waals surface area contributed by atoms with Crippen LogP contribution in [-0.4, -0.2) is 102 Å². The van der Waals surface area contributed by atoms with Crippen LogP contribution in [0.4, 0.5) is 34.1 Å². The van der Waals surface area contributed by atoms with Gasteiger partial charge < -0.3 is 55.9 Å². The van der Waals surface area contributed by atoms with Crippen molar-refractivity contribution in [3.8, 4) is 0 Å². The summed E-state index contributed by atoms with van der Waals surface area (Å²) in [5, 5.41) is 13.9. The van der Waals surface area contributed by atoms with Gasteiger partial charge in [0.25, 0.3) is 0 Å². The minimum absolute atomic E-state index is 0.207. The lowest BCUT2D eigenvalue weighted by molar-refractivity contribution is 0.191. The van der Waals surface area contributed by atoms with Crippen molar-refractivity contribution < 1.29 is 26.5 Å². The van der Waals surface area contributed by atoms with Gasteiger partial charge in [0.05, 0.1) is 46.3 Å². The summed E-state index contributed by atoms with van der Waals surface area (Å²) in [5.74, 6) is 2.43. The van der Waals surface area contributed by atoms with Crippen LogP contribution < -0.4 is 29.4 Å². The number of hydrogen-bond acceptors (Lipinski definition) is 18. The average Bonchev–Trinajstić information content (AvgIpc) is 1.52. The third kappa shape index (κ3) is 13.9. The SMILES string of the molecule is Cc1ccc2c(oc3ccccc32)c1N1C2CCC(c3ccccc32)N(C)C1C.Cc1ccc2c(oc3ncccc32)c1N1C(C)C2(C)CC1(C)CC2C.Cc1ccc2c(oc3ncccc32)c1N1C(C)C2(C)CCC1(C)C2.Cc1ccc2c(oc3ncccc32)c1N1C(C)C2CCC1(C)C2.Cc1ccc2c(oc3ncccc32)c1N1C2CCC(C)(C2)C1C.Cc1ccc2c(oc3ncccc32)c1N1C2CCC(C2)C1C. The van der Waals surface area contributed by atoms with E-state index in [4.69, 9.17) is 26.5 Å². The maximum Gasteiger partial charge on any atom is 0.227 e. The van der Waals surface area contributed by atoms with E-state index in [-0.39, 0.29) is 22.8 Å². The molecule has 146 heavy (non-hydrogen) atoms. The predicted octanol–water partition coefficient (Wildman–Crippen LogP) is 32.5. The van der Waals surface area contributed by atoms with Crippen molar-refractivity contribution in [3.05, 3.63) is 257 Å². The van der Waals surface area contributed by atoms with Gasteiger partial charge in [-0.2, -0.15) is 0 Å². The molecule has 748 valence electrons. The molecule has 32 rings (SSSR count). The summed E-state index contributed by atoms with van der Waals surface area (Å²) in [6, 6.07) is 69.5. The highest BCUT2D eigenvalue weighted by Gasteiger charge is 2.64. The van der Waals surface area contributed by atoms with E-state index in [0.717, 1.165) is 112 Å². The van der Waals surface area contributed by atoms with Crippen molar-refractivity contribution in [1.82, 2.24) is 29.8 Å². The monoisotopic (exact) mass is 1940 g/mol. The zero-order valence-corrected chi connectivity index (χ0v) is 88.8. The summed E-state index contributed by atoms with van der Waals surface area (Å²) >= 11 is 0. The third-order valence-electron chi connectivity index (χ3n) is 39.9. The Morgan fingerprint density at radius 3 is 1.15 bits per heavy atom. The molecule has 6 saturated heterocycles. The molecule has 0 amide bonds. The Morgan fingerprint density at radius 2 is 0.712 bits per heavy atom. The molecule has 18 heterocycles. The molecule has 18 heteroatoms. The molecule has 5 saturated carbocycles. The van der Waals surface area contributed by atoms with Crippen molar-refractivity contribution in [3.63, 3.8) is 0 Å². The first-order valence-corrected chi connectivity index (χ1v) is 54.6. The topological polar surface area (TPSA) is 166 Å². The van der Waals surface area contributed by atoms with Crippen molar-refractivity contribution in [2.75, 3.05) is 36.4 Å². The lowest BCUT2D eigenvalue weighted by atomic mass is 9.75. The number of furan rings is 6. The van der Waals surface area contributed by atoms with E-state index in [2.05, 4.69) is 349 Å². The highest BCUT2D eigenvalue weighted by Crippen LogP contribution is 2.66. The van der Waals surface area contributed by atoms with Crippen LogP contribution in [0.15, 0.2) is 239 Å². The molecule has 0 radical (unpaired) electrons. The highest BCUT2D eigenvalue weighted by molar-refractivity contribution is 6.14. The average molecular weight is 1940 g/mol. The van der Waals surface area contributed by atoms with Gasteiger partial charge in [0.15, 0.2) is 33.5 Å². The number of nitrogens with zero attached hydrogens (tertiary/aromatic N) is 12. The first kappa shape index (κ1) is 92.9. The van der Waals surface area contributed by atoms with Gasteiger partial charge in [-0.3, -0.25) is 4.90 Å². The summed E-state index contributed by atoms with van der Waals surface area (Å²) in [5.41, 5.74) is 31.2. The molecule has 19 unspecified atom stereocenters. The van der Waals surface area contributed by atoms with Gasteiger partial charge in [0.1, 0.15) is 5.58 Å². The van der Waals surface area contributed by atoms with Crippen LogP contribution in [0.25, 0.3) is 132 Å². The predicted molar refractivity (Wildman–Crippen MR) is 598 cm³/mol. The summed E-state index contributed by atoms with van der Waals surface area (Å²) < 4.78 is 37.6. The fourth-order valence-corrected chi connectivity index (χ4v) is 32.0. The highest BCUT2D eigenvalue weighted by atomic mass is 16.4. The van der Waals surface area contributed by atoms with Gasteiger partial charge >= 0.3 is 0 Å². The number of piperidine rings is 5. The van der Waals surface area contributed by atoms with E-state index in [0.29, 0.717) is 70.6 Å². The summed E-state index contributed by atoms with van der Waals surface area (Å²) in [7, 11) is 2.28. The van der Waals surface area contributed by atoms with Gasteiger partial charge in [-0.05, 0) is 359 Å². The molecule has 8 aromatic carbocycles. The first-order chi connectivity index (χ1) is 70.3. The molecular formula is C128H140N12O6. The number of anilines is 6. The molecule has 7 aliphatic heterocycles. The molecule has 19 aromatic rings. The number of aryl methyl sites for hydroxylation is 6. The number of hydrogen-bond donors (Lipinski definition) is 0. The van der Waals surface area contributed by atoms with Crippen LogP contribution in [-0.2, 0) is 0 Å². The van der Waals surface area contributed by atoms with E-state index < -0.39 is 0 Å². The molecular weight excluding hydrogens is 1800 g/mol. The lowest BCUT2D eigenvalue weighted by Crippen LogP contribution is -2.51. The van der Waals surface area contributed by atoms with Gasteiger partial charge in [0.2, 0.25) is 28.6 Å².